The van der Waals surface area contributed by atoms with Crippen LogP contribution in [-0.4, -0.2) is 10.3 Å². The zero-order valence-electron chi connectivity index (χ0n) is 17.4. The summed E-state index contributed by atoms with van der Waals surface area (Å²) in [7, 11) is 0. The van der Waals surface area contributed by atoms with Gasteiger partial charge in [0.25, 0.3) is 0 Å². The minimum Gasteiger partial charge on any atom is -0.244 e. The van der Waals surface area contributed by atoms with E-state index >= 15 is 0 Å². The predicted octanol–water partition coefficient (Wildman–Crippen LogP) is 6.57. The van der Waals surface area contributed by atoms with Gasteiger partial charge in [-0.2, -0.15) is 0 Å². The number of rotatable bonds is 4. The van der Waals surface area contributed by atoms with E-state index in [2.05, 4.69) is 95.2 Å². The van der Waals surface area contributed by atoms with E-state index in [0.29, 0.717) is 0 Å². The molecule has 2 rings (SSSR count). The third-order valence-electron chi connectivity index (χ3n) is 5.80. The number of hydrogen-bond donors (Lipinski definition) is 0. The molecule has 0 spiro atoms. The maximum atomic E-state index is 4.87. The molecular formula is C23H32N2O. The van der Waals surface area contributed by atoms with E-state index in [1.165, 1.54) is 0 Å². The van der Waals surface area contributed by atoms with E-state index in [1.807, 2.05) is 19.1 Å². The van der Waals surface area contributed by atoms with E-state index in [1.54, 1.807) is 0 Å². The van der Waals surface area contributed by atoms with Gasteiger partial charge in [-0.3, -0.25) is 0 Å². The third kappa shape index (κ3) is 4.14. The Bertz CT molecular complexity index is 770. The fourth-order valence-electron chi connectivity index (χ4n) is 3.26. The van der Waals surface area contributed by atoms with Crippen LogP contribution in [0.25, 0.3) is 11.6 Å². The van der Waals surface area contributed by atoms with E-state index in [0.717, 1.165) is 22.5 Å². The standard InChI is InChI=1S/C23H32N2O/c1-17-20(25-26-24-17)16-19(18-12-10-9-11-13-18)14-15-23(8,21(2,3)4)22(5,6)7/h9-16H,1-8H3/b15-14+,19-16-. The molecule has 0 aliphatic rings. The maximum Gasteiger partial charge on any atom is 0.131 e. The Labute approximate surface area is 158 Å². The Hall–Kier alpha value is -2.16. The second-order valence-corrected chi connectivity index (χ2v) is 9.24. The van der Waals surface area contributed by atoms with Crippen LogP contribution >= 0.6 is 0 Å². The van der Waals surface area contributed by atoms with Gasteiger partial charge in [-0.25, -0.2) is 4.63 Å². The van der Waals surface area contributed by atoms with E-state index < -0.39 is 0 Å². The largest absolute Gasteiger partial charge is 0.244 e. The average Bonchev–Trinajstić information content (AvgIpc) is 2.94. The molecule has 1 aromatic heterocycles. The molecule has 0 atom stereocenters. The Morgan fingerprint density at radius 1 is 0.885 bits per heavy atom. The average molecular weight is 353 g/mol. The molecule has 0 amide bonds. The first-order valence-corrected chi connectivity index (χ1v) is 9.21. The molecule has 26 heavy (non-hydrogen) atoms. The molecule has 1 heterocycles. The number of hydrogen-bond acceptors (Lipinski definition) is 3. The lowest BCUT2D eigenvalue weighted by Gasteiger charge is -2.50. The summed E-state index contributed by atoms with van der Waals surface area (Å²) in [5.41, 5.74) is 4.05. The Morgan fingerprint density at radius 2 is 1.46 bits per heavy atom. The van der Waals surface area contributed by atoms with Crippen LogP contribution in [0, 0.1) is 23.2 Å². The van der Waals surface area contributed by atoms with Crippen LogP contribution in [-0.2, 0) is 0 Å². The van der Waals surface area contributed by atoms with Crippen molar-refractivity contribution in [1.29, 1.82) is 0 Å². The topological polar surface area (TPSA) is 38.9 Å². The summed E-state index contributed by atoms with van der Waals surface area (Å²) in [6.45, 7) is 18.1. The second kappa shape index (κ2) is 7.22. The lowest BCUT2D eigenvalue weighted by atomic mass is 9.55. The fourth-order valence-corrected chi connectivity index (χ4v) is 3.26. The Kier molecular flexibility index (Phi) is 5.60. The van der Waals surface area contributed by atoms with Crippen LogP contribution < -0.4 is 0 Å². The summed E-state index contributed by atoms with van der Waals surface area (Å²) in [6.07, 6.45) is 6.62. The molecule has 140 valence electrons. The first-order valence-electron chi connectivity index (χ1n) is 9.21. The highest BCUT2D eigenvalue weighted by Crippen LogP contribution is 2.52. The van der Waals surface area contributed by atoms with Crippen molar-refractivity contribution < 1.29 is 4.63 Å². The molecular weight excluding hydrogens is 320 g/mol. The fraction of sp³-hybridized carbons (Fsp3) is 0.478. The van der Waals surface area contributed by atoms with Crippen molar-refractivity contribution in [2.45, 2.75) is 55.4 Å². The molecule has 3 nitrogen and oxygen atoms in total. The van der Waals surface area contributed by atoms with Crippen molar-refractivity contribution >= 4 is 11.6 Å². The van der Waals surface area contributed by atoms with E-state index in [9.17, 15) is 0 Å². The molecule has 0 unspecified atom stereocenters. The van der Waals surface area contributed by atoms with Gasteiger partial charge >= 0.3 is 0 Å². The van der Waals surface area contributed by atoms with Crippen molar-refractivity contribution in [3.8, 4) is 0 Å². The predicted molar refractivity (Wildman–Crippen MR) is 110 cm³/mol. The van der Waals surface area contributed by atoms with Gasteiger partial charge < -0.3 is 0 Å². The summed E-state index contributed by atoms with van der Waals surface area (Å²) in [6, 6.07) is 10.4. The minimum atomic E-state index is 0.00495. The summed E-state index contributed by atoms with van der Waals surface area (Å²) >= 11 is 0. The van der Waals surface area contributed by atoms with Gasteiger partial charge in [0.15, 0.2) is 0 Å². The van der Waals surface area contributed by atoms with Gasteiger partial charge in [0, 0.05) is 0 Å². The van der Waals surface area contributed by atoms with Crippen LogP contribution in [0.4, 0.5) is 0 Å². The van der Waals surface area contributed by atoms with Crippen LogP contribution in [0.15, 0.2) is 47.1 Å². The molecule has 1 aromatic carbocycles. The summed E-state index contributed by atoms with van der Waals surface area (Å²) in [5.74, 6) is 0. The lowest BCUT2D eigenvalue weighted by Crippen LogP contribution is -2.42. The summed E-state index contributed by atoms with van der Waals surface area (Å²) in [4.78, 5) is 0. The number of nitrogens with zero attached hydrogens (tertiary/aromatic N) is 2. The number of aromatic nitrogens is 2. The van der Waals surface area contributed by atoms with Crippen molar-refractivity contribution in [2.75, 3.05) is 0 Å². The highest BCUT2D eigenvalue weighted by Gasteiger charge is 2.44. The normalized spacial score (nSPS) is 14.2. The monoisotopic (exact) mass is 352 g/mol. The quantitative estimate of drug-likeness (QED) is 0.584. The van der Waals surface area contributed by atoms with Gasteiger partial charge in [0.2, 0.25) is 0 Å². The first kappa shape index (κ1) is 20.2. The van der Waals surface area contributed by atoms with Crippen molar-refractivity contribution in [2.24, 2.45) is 16.2 Å². The molecule has 0 aliphatic carbocycles. The number of aryl methyl sites for hydroxylation is 1. The molecule has 0 N–H and O–H groups in total. The van der Waals surface area contributed by atoms with Gasteiger partial charge in [0.1, 0.15) is 11.4 Å². The van der Waals surface area contributed by atoms with Gasteiger partial charge in [0.05, 0.1) is 0 Å². The van der Waals surface area contributed by atoms with Crippen molar-refractivity contribution in [3.63, 3.8) is 0 Å². The molecule has 0 bridgehead atoms. The van der Waals surface area contributed by atoms with Gasteiger partial charge in [-0.15, -0.1) is 0 Å². The summed E-state index contributed by atoms with van der Waals surface area (Å²) in [5, 5.41) is 7.92. The van der Waals surface area contributed by atoms with Crippen LogP contribution in [0.5, 0.6) is 0 Å². The van der Waals surface area contributed by atoms with E-state index in [4.69, 9.17) is 4.63 Å². The van der Waals surface area contributed by atoms with Crippen LogP contribution in [0.3, 0.4) is 0 Å². The third-order valence-corrected chi connectivity index (χ3v) is 5.80. The highest BCUT2D eigenvalue weighted by molar-refractivity contribution is 5.87. The number of allylic oxidation sites excluding steroid dienone is 3. The molecule has 0 aliphatic heterocycles. The van der Waals surface area contributed by atoms with E-state index in [-0.39, 0.29) is 16.2 Å². The maximum absolute atomic E-state index is 4.87. The Morgan fingerprint density at radius 3 is 1.92 bits per heavy atom. The minimum absolute atomic E-state index is 0.00495. The molecule has 2 aromatic rings. The van der Waals surface area contributed by atoms with Gasteiger partial charge in [-0.05, 0) is 40.4 Å². The van der Waals surface area contributed by atoms with Crippen molar-refractivity contribution in [3.05, 3.63) is 59.4 Å². The zero-order chi connectivity index (χ0) is 19.6. The second-order valence-electron chi connectivity index (χ2n) is 9.24. The van der Waals surface area contributed by atoms with Crippen LogP contribution in [0.1, 0.15) is 65.4 Å². The first-order chi connectivity index (χ1) is 12.0. The zero-order valence-corrected chi connectivity index (χ0v) is 17.4. The molecule has 0 saturated heterocycles. The molecule has 0 radical (unpaired) electrons. The van der Waals surface area contributed by atoms with Crippen LogP contribution in [0.2, 0.25) is 0 Å². The molecule has 0 fully saturated rings. The molecule has 0 saturated carbocycles. The van der Waals surface area contributed by atoms with Crippen molar-refractivity contribution in [1.82, 2.24) is 10.3 Å². The lowest BCUT2D eigenvalue weighted by molar-refractivity contribution is 0.0367. The highest BCUT2D eigenvalue weighted by atomic mass is 16.6. The number of benzene rings is 1. The SMILES string of the molecule is Cc1nonc1/C=C(/C=C/C(C)(C(C)(C)C)C(C)(C)C)c1ccccc1. The molecule has 3 heteroatoms. The Balaban J connectivity index is 2.55. The van der Waals surface area contributed by atoms with Gasteiger partial charge in [-0.1, -0.05) is 101 Å². The summed E-state index contributed by atoms with van der Waals surface area (Å²) < 4.78 is 4.87. The smallest absolute Gasteiger partial charge is 0.131 e.